The maximum atomic E-state index is 12.3. The predicted molar refractivity (Wildman–Crippen MR) is 98.9 cm³/mol. The molecule has 0 aliphatic rings. The average Bonchev–Trinajstić information content (AvgIpc) is 2.70. The largest absolute Gasteiger partial charge is 0.493 e. The third-order valence-electron chi connectivity index (χ3n) is 3.56. The van der Waals surface area contributed by atoms with Gasteiger partial charge in [-0.2, -0.15) is 0 Å². The molecule has 0 bridgehead atoms. The number of nitrogens with one attached hydrogen (secondary N) is 2. The first-order valence-corrected chi connectivity index (χ1v) is 8.18. The molecule has 0 atom stereocenters. The summed E-state index contributed by atoms with van der Waals surface area (Å²) in [4.78, 5) is 24.0. The van der Waals surface area contributed by atoms with E-state index in [0.717, 1.165) is 0 Å². The molecule has 0 aliphatic heterocycles. The van der Waals surface area contributed by atoms with Crippen molar-refractivity contribution in [1.82, 2.24) is 10.6 Å². The fraction of sp³-hybridized carbons (Fsp3) is 0.263. The van der Waals surface area contributed by atoms with Crippen molar-refractivity contribution >= 4 is 12.0 Å². The summed E-state index contributed by atoms with van der Waals surface area (Å²) in [5.74, 6) is 1.27. The molecule has 2 aromatic rings. The van der Waals surface area contributed by atoms with Gasteiger partial charge in [-0.1, -0.05) is 18.2 Å². The highest BCUT2D eigenvalue weighted by Crippen LogP contribution is 2.38. The molecule has 8 nitrogen and oxygen atoms in total. The second kappa shape index (κ2) is 9.91. The second-order valence-corrected chi connectivity index (χ2v) is 5.30. The molecule has 0 heterocycles. The number of carbonyl (C=O) groups excluding carboxylic acids is 2. The Labute approximate surface area is 157 Å². The van der Waals surface area contributed by atoms with Gasteiger partial charge in [-0.25, -0.2) is 4.79 Å². The molecule has 0 saturated heterocycles. The van der Waals surface area contributed by atoms with Gasteiger partial charge in [0.25, 0.3) is 5.91 Å². The molecule has 2 amide bonds. The molecule has 0 unspecified atom stereocenters. The van der Waals surface area contributed by atoms with E-state index in [1.165, 1.54) is 21.3 Å². The lowest BCUT2D eigenvalue weighted by molar-refractivity contribution is 0.0952. The van der Waals surface area contributed by atoms with Gasteiger partial charge in [0.1, 0.15) is 5.75 Å². The summed E-state index contributed by atoms with van der Waals surface area (Å²) in [6.07, 6.45) is -0.594. The van der Waals surface area contributed by atoms with Gasteiger partial charge in [0.2, 0.25) is 5.75 Å². The van der Waals surface area contributed by atoms with Crippen molar-refractivity contribution in [3.63, 3.8) is 0 Å². The number of ether oxygens (including phenoxy) is 4. The minimum Gasteiger partial charge on any atom is -0.493 e. The van der Waals surface area contributed by atoms with Crippen LogP contribution < -0.4 is 29.6 Å². The van der Waals surface area contributed by atoms with Gasteiger partial charge in [-0.3, -0.25) is 4.79 Å². The Bertz CT molecular complexity index is 754. The number of benzene rings is 2. The SMILES string of the molecule is COc1cc(C(=O)NCCNC(=O)Oc2ccccc2)cc(OC)c1OC. The van der Waals surface area contributed by atoms with E-state index in [4.69, 9.17) is 18.9 Å². The summed E-state index contributed by atoms with van der Waals surface area (Å²) >= 11 is 0. The van der Waals surface area contributed by atoms with E-state index in [-0.39, 0.29) is 19.0 Å². The molecule has 0 aromatic heterocycles. The van der Waals surface area contributed by atoms with Crippen molar-refractivity contribution in [2.45, 2.75) is 0 Å². The lowest BCUT2D eigenvalue weighted by Crippen LogP contribution is -2.36. The van der Waals surface area contributed by atoms with Crippen molar-refractivity contribution < 1.29 is 28.5 Å². The van der Waals surface area contributed by atoms with Crippen LogP contribution in [0.1, 0.15) is 10.4 Å². The highest BCUT2D eigenvalue weighted by atomic mass is 16.6. The molecule has 2 N–H and O–H groups in total. The lowest BCUT2D eigenvalue weighted by atomic mass is 10.1. The van der Waals surface area contributed by atoms with Crippen molar-refractivity contribution in [2.24, 2.45) is 0 Å². The van der Waals surface area contributed by atoms with Crippen LogP contribution in [-0.4, -0.2) is 46.4 Å². The highest BCUT2D eigenvalue weighted by Gasteiger charge is 2.16. The third kappa shape index (κ3) is 5.53. The summed E-state index contributed by atoms with van der Waals surface area (Å²) in [5, 5.41) is 5.25. The quantitative estimate of drug-likeness (QED) is 0.688. The first kappa shape index (κ1) is 19.9. The van der Waals surface area contributed by atoms with Gasteiger partial charge >= 0.3 is 6.09 Å². The van der Waals surface area contributed by atoms with Gasteiger partial charge in [0.05, 0.1) is 21.3 Å². The Morgan fingerprint density at radius 3 is 2.00 bits per heavy atom. The van der Waals surface area contributed by atoms with Crippen LogP contribution in [0.25, 0.3) is 0 Å². The Kier molecular flexibility index (Phi) is 7.30. The monoisotopic (exact) mass is 374 g/mol. The standard InChI is InChI=1S/C19H22N2O6/c1-24-15-11-13(12-16(25-2)17(15)26-3)18(22)20-9-10-21-19(23)27-14-7-5-4-6-8-14/h4-8,11-12H,9-10H2,1-3H3,(H,20,22)(H,21,23). The summed E-state index contributed by atoms with van der Waals surface area (Å²) in [5.41, 5.74) is 0.344. The molecular weight excluding hydrogens is 352 g/mol. The van der Waals surface area contributed by atoms with E-state index >= 15 is 0 Å². The molecule has 0 fully saturated rings. The number of hydrogen-bond acceptors (Lipinski definition) is 6. The number of para-hydroxylation sites is 1. The highest BCUT2D eigenvalue weighted by molar-refractivity contribution is 5.95. The number of carbonyl (C=O) groups is 2. The second-order valence-electron chi connectivity index (χ2n) is 5.30. The van der Waals surface area contributed by atoms with Crippen LogP contribution in [-0.2, 0) is 0 Å². The molecule has 27 heavy (non-hydrogen) atoms. The zero-order chi connectivity index (χ0) is 19.6. The van der Waals surface area contributed by atoms with Crippen molar-refractivity contribution in [3.05, 3.63) is 48.0 Å². The first-order valence-electron chi connectivity index (χ1n) is 8.18. The maximum Gasteiger partial charge on any atom is 0.412 e. The molecule has 144 valence electrons. The van der Waals surface area contributed by atoms with Gasteiger partial charge in [-0.15, -0.1) is 0 Å². The fourth-order valence-corrected chi connectivity index (χ4v) is 2.29. The molecule has 8 heteroatoms. The van der Waals surface area contributed by atoms with E-state index in [1.54, 1.807) is 36.4 Å². The molecule has 2 rings (SSSR count). The molecule has 0 radical (unpaired) electrons. The van der Waals surface area contributed by atoms with Crippen LogP contribution in [0.5, 0.6) is 23.0 Å². The number of hydrogen-bond donors (Lipinski definition) is 2. The lowest BCUT2D eigenvalue weighted by Gasteiger charge is -2.14. The van der Waals surface area contributed by atoms with Crippen LogP contribution in [0.2, 0.25) is 0 Å². The van der Waals surface area contributed by atoms with Gasteiger partial charge < -0.3 is 29.6 Å². The zero-order valence-corrected chi connectivity index (χ0v) is 15.4. The van der Waals surface area contributed by atoms with E-state index in [1.807, 2.05) is 6.07 Å². The number of rotatable bonds is 8. The minimum atomic E-state index is -0.594. The smallest absolute Gasteiger partial charge is 0.412 e. The Morgan fingerprint density at radius 1 is 0.852 bits per heavy atom. The van der Waals surface area contributed by atoms with Crippen LogP contribution >= 0.6 is 0 Å². The summed E-state index contributed by atoms with van der Waals surface area (Å²) in [6.45, 7) is 0.432. The molecule has 0 aliphatic carbocycles. The number of amides is 2. The van der Waals surface area contributed by atoms with Crippen LogP contribution in [0, 0.1) is 0 Å². The number of methoxy groups -OCH3 is 3. The van der Waals surface area contributed by atoms with Gasteiger partial charge in [0, 0.05) is 18.7 Å². The van der Waals surface area contributed by atoms with Crippen LogP contribution in [0.15, 0.2) is 42.5 Å². The first-order chi connectivity index (χ1) is 13.1. The predicted octanol–water partition coefficient (Wildman–Crippen LogP) is 2.23. The Balaban J connectivity index is 1.86. The maximum absolute atomic E-state index is 12.3. The molecule has 0 spiro atoms. The summed E-state index contributed by atoms with van der Waals surface area (Å²) < 4.78 is 20.8. The molecule has 0 saturated carbocycles. The molecular formula is C19H22N2O6. The van der Waals surface area contributed by atoms with Crippen molar-refractivity contribution in [3.8, 4) is 23.0 Å². The topological polar surface area (TPSA) is 95.1 Å². The minimum absolute atomic E-state index is 0.210. The van der Waals surface area contributed by atoms with Crippen LogP contribution in [0.3, 0.4) is 0 Å². The summed E-state index contributed by atoms with van der Waals surface area (Å²) in [6, 6.07) is 11.8. The van der Waals surface area contributed by atoms with E-state index in [9.17, 15) is 9.59 Å². The van der Waals surface area contributed by atoms with E-state index in [0.29, 0.717) is 28.6 Å². The Morgan fingerprint density at radius 2 is 1.44 bits per heavy atom. The fourth-order valence-electron chi connectivity index (χ4n) is 2.29. The van der Waals surface area contributed by atoms with Crippen LogP contribution in [0.4, 0.5) is 4.79 Å². The molecule has 2 aromatic carbocycles. The summed E-state index contributed by atoms with van der Waals surface area (Å²) in [7, 11) is 4.43. The van der Waals surface area contributed by atoms with E-state index < -0.39 is 6.09 Å². The van der Waals surface area contributed by atoms with Crippen molar-refractivity contribution in [2.75, 3.05) is 34.4 Å². The van der Waals surface area contributed by atoms with Gasteiger partial charge in [0.15, 0.2) is 11.5 Å². The Hall–Kier alpha value is -3.42. The van der Waals surface area contributed by atoms with Crippen molar-refractivity contribution in [1.29, 1.82) is 0 Å². The van der Waals surface area contributed by atoms with E-state index in [2.05, 4.69) is 10.6 Å². The normalized spacial score (nSPS) is 9.89. The third-order valence-corrected chi connectivity index (χ3v) is 3.56. The average molecular weight is 374 g/mol. The van der Waals surface area contributed by atoms with Gasteiger partial charge in [-0.05, 0) is 24.3 Å². The zero-order valence-electron chi connectivity index (χ0n) is 15.4.